The van der Waals surface area contributed by atoms with Crippen molar-refractivity contribution in [3.63, 3.8) is 0 Å². The maximum atomic E-state index is 12.2. The van der Waals surface area contributed by atoms with Crippen LogP contribution in [0.4, 0.5) is 0 Å². The summed E-state index contributed by atoms with van der Waals surface area (Å²) in [5.41, 5.74) is 0.608. The molecule has 1 rings (SSSR count). The molecule has 0 aliphatic rings. The molecule has 0 aliphatic heterocycles. The van der Waals surface area contributed by atoms with Crippen LogP contribution in [0.5, 0.6) is 5.75 Å². The SMILES string of the molecule is CN(C)C(=O)c1c(I)cc(I)c(OCCCC(=O)[O-])c1I.[Na+]. The molecule has 0 aliphatic carbocycles. The molecule has 0 N–H and O–H groups in total. The Morgan fingerprint density at radius 1 is 1.23 bits per heavy atom. The molecule has 0 saturated carbocycles. The largest absolute Gasteiger partial charge is 1.00 e. The summed E-state index contributed by atoms with van der Waals surface area (Å²) in [5, 5.41) is 10.4. The molecule has 1 aromatic carbocycles. The van der Waals surface area contributed by atoms with Crippen molar-refractivity contribution < 1.29 is 49.0 Å². The summed E-state index contributed by atoms with van der Waals surface area (Å²) in [6.45, 7) is 0.274. The second-order valence-electron chi connectivity index (χ2n) is 4.38. The second kappa shape index (κ2) is 10.9. The molecule has 0 fully saturated rings. The van der Waals surface area contributed by atoms with E-state index in [4.69, 9.17) is 4.74 Å². The summed E-state index contributed by atoms with van der Waals surface area (Å²) in [7, 11) is 3.40. The van der Waals surface area contributed by atoms with Crippen molar-refractivity contribution in [2.24, 2.45) is 0 Å². The Morgan fingerprint density at radius 2 is 1.82 bits per heavy atom. The molecule has 1 amide bonds. The molecular weight excluding hydrogens is 638 g/mol. The van der Waals surface area contributed by atoms with E-state index in [2.05, 4.69) is 67.8 Å². The summed E-state index contributed by atoms with van der Waals surface area (Å²) in [6, 6.07) is 1.88. The Hall–Kier alpha value is 1.15. The van der Waals surface area contributed by atoms with Gasteiger partial charge in [-0.3, -0.25) is 4.79 Å². The Balaban J connectivity index is 0.00000441. The number of ether oxygens (including phenoxy) is 1. The van der Waals surface area contributed by atoms with E-state index >= 15 is 0 Å². The van der Waals surface area contributed by atoms with Gasteiger partial charge in [0.05, 0.1) is 19.3 Å². The first-order chi connectivity index (χ1) is 9.75. The van der Waals surface area contributed by atoms with Crippen LogP contribution >= 0.6 is 67.8 Å². The van der Waals surface area contributed by atoms with Gasteiger partial charge in [0.2, 0.25) is 0 Å². The van der Waals surface area contributed by atoms with Crippen molar-refractivity contribution in [2.45, 2.75) is 12.8 Å². The van der Waals surface area contributed by atoms with Crippen LogP contribution in [0.1, 0.15) is 23.2 Å². The standard InChI is InChI=1S/C13H14I3NO4.Na/c1-17(2)13(20)10-7(14)6-8(15)12(11(10)16)21-5-3-4-9(18)19;/h6H,3-5H2,1-2H3,(H,18,19);/q;+1/p-1. The Kier molecular flexibility index (Phi) is 11.5. The zero-order valence-corrected chi connectivity index (χ0v) is 20.9. The minimum atomic E-state index is -1.09. The maximum Gasteiger partial charge on any atom is 1.00 e. The third-order valence-electron chi connectivity index (χ3n) is 2.52. The van der Waals surface area contributed by atoms with Gasteiger partial charge in [-0.2, -0.15) is 0 Å². The van der Waals surface area contributed by atoms with Crippen molar-refractivity contribution in [1.29, 1.82) is 0 Å². The number of hydrogen-bond donors (Lipinski definition) is 0. The van der Waals surface area contributed by atoms with Gasteiger partial charge in [0.25, 0.3) is 5.91 Å². The van der Waals surface area contributed by atoms with Gasteiger partial charge in [0.1, 0.15) is 5.75 Å². The van der Waals surface area contributed by atoms with Crippen LogP contribution in [-0.2, 0) is 4.79 Å². The minimum Gasteiger partial charge on any atom is -0.550 e. The Bertz CT molecular complexity index is 567. The molecule has 0 radical (unpaired) electrons. The molecule has 0 saturated heterocycles. The number of halogens is 3. The summed E-state index contributed by atoms with van der Waals surface area (Å²) in [5.74, 6) is -0.547. The van der Waals surface area contributed by atoms with E-state index in [1.807, 2.05) is 6.07 Å². The van der Waals surface area contributed by atoms with Crippen LogP contribution in [0.15, 0.2) is 6.07 Å². The van der Waals surface area contributed by atoms with Crippen LogP contribution in [0.2, 0.25) is 0 Å². The molecular formula is C13H13I3NNaO4. The van der Waals surface area contributed by atoms with Crippen molar-refractivity contribution in [3.8, 4) is 5.75 Å². The van der Waals surface area contributed by atoms with E-state index in [0.29, 0.717) is 17.7 Å². The predicted molar refractivity (Wildman–Crippen MR) is 102 cm³/mol. The first kappa shape index (κ1) is 23.1. The molecule has 0 heterocycles. The fraction of sp³-hybridized carbons (Fsp3) is 0.385. The fourth-order valence-electron chi connectivity index (χ4n) is 1.51. The molecule has 116 valence electrons. The van der Waals surface area contributed by atoms with Gasteiger partial charge in [0.15, 0.2) is 0 Å². The Morgan fingerprint density at radius 3 is 2.32 bits per heavy atom. The zero-order chi connectivity index (χ0) is 16.2. The summed E-state index contributed by atoms with van der Waals surface area (Å²) in [6.07, 6.45) is 0.332. The number of carbonyl (C=O) groups is 2. The Labute approximate surface area is 192 Å². The average molecular weight is 651 g/mol. The number of carboxylic acids is 1. The van der Waals surface area contributed by atoms with Gasteiger partial charge in [-0.05, 0) is 86.7 Å². The van der Waals surface area contributed by atoms with Crippen LogP contribution < -0.4 is 39.4 Å². The minimum absolute atomic E-state index is 0. The smallest absolute Gasteiger partial charge is 0.550 e. The van der Waals surface area contributed by atoms with Crippen LogP contribution in [0, 0.1) is 10.7 Å². The molecule has 0 atom stereocenters. The van der Waals surface area contributed by atoms with Crippen molar-refractivity contribution in [1.82, 2.24) is 4.90 Å². The van der Waals surface area contributed by atoms with Crippen LogP contribution in [0.25, 0.3) is 0 Å². The number of aliphatic carboxylic acids is 1. The van der Waals surface area contributed by atoms with Crippen molar-refractivity contribution in [2.75, 3.05) is 20.7 Å². The first-order valence-corrected chi connectivity index (χ1v) is 9.21. The summed E-state index contributed by atoms with van der Waals surface area (Å²) >= 11 is 6.37. The van der Waals surface area contributed by atoms with Crippen LogP contribution in [0.3, 0.4) is 0 Å². The number of amides is 1. The third-order valence-corrected chi connectivity index (χ3v) is 5.20. The van der Waals surface area contributed by atoms with Crippen molar-refractivity contribution >= 4 is 79.6 Å². The number of carboxylic acid groups (broad SMARTS) is 1. The molecule has 1 aromatic rings. The molecule has 0 unspecified atom stereocenters. The van der Waals surface area contributed by atoms with Crippen LogP contribution in [-0.4, -0.2) is 37.5 Å². The van der Waals surface area contributed by atoms with Gasteiger partial charge in [-0.15, -0.1) is 0 Å². The van der Waals surface area contributed by atoms with E-state index < -0.39 is 5.97 Å². The van der Waals surface area contributed by atoms with Gasteiger partial charge >= 0.3 is 29.6 Å². The van der Waals surface area contributed by atoms with E-state index in [9.17, 15) is 14.7 Å². The fourth-order valence-corrected chi connectivity index (χ4v) is 5.66. The van der Waals surface area contributed by atoms with Gasteiger partial charge in [0, 0.05) is 23.6 Å². The average Bonchev–Trinajstić information content (AvgIpc) is 2.36. The monoisotopic (exact) mass is 651 g/mol. The van der Waals surface area contributed by atoms with E-state index in [0.717, 1.165) is 10.7 Å². The summed E-state index contributed by atoms with van der Waals surface area (Å²) in [4.78, 5) is 24.1. The third kappa shape index (κ3) is 6.57. The normalized spacial score (nSPS) is 9.86. The number of nitrogens with zero attached hydrogens (tertiary/aromatic N) is 1. The first-order valence-electron chi connectivity index (χ1n) is 5.97. The van der Waals surface area contributed by atoms with Gasteiger partial charge < -0.3 is 19.5 Å². The van der Waals surface area contributed by atoms with Gasteiger partial charge in [-0.25, -0.2) is 0 Å². The van der Waals surface area contributed by atoms with Crippen molar-refractivity contribution in [3.05, 3.63) is 22.3 Å². The zero-order valence-electron chi connectivity index (χ0n) is 12.4. The topological polar surface area (TPSA) is 69.7 Å². The number of carbonyl (C=O) groups excluding carboxylic acids is 2. The number of rotatable bonds is 6. The number of benzene rings is 1. The molecule has 0 aromatic heterocycles. The molecule has 5 nitrogen and oxygen atoms in total. The predicted octanol–water partition coefficient (Wildman–Crippen LogP) is -0.885. The molecule has 0 spiro atoms. The second-order valence-corrected chi connectivity index (χ2v) is 7.79. The quantitative estimate of drug-likeness (QED) is 0.228. The number of hydrogen-bond acceptors (Lipinski definition) is 4. The molecule has 9 heteroatoms. The van der Waals surface area contributed by atoms with E-state index in [1.165, 1.54) is 4.90 Å². The molecule has 0 bridgehead atoms. The van der Waals surface area contributed by atoms with Gasteiger partial charge in [-0.1, -0.05) is 0 Å². The molecule has 22 heavy (non-hydrogen) atoms. The van der Waals surface area contributed by atoms with E-state index in [1.54, 1.807) is 14.1 Å². The van der Waals surface area contributed by atoms with E-state index in [-0.39, 0.29) is 48.5 Å². The summed E-state index contributed by atoms with van der Waals surface area (Å²) < 4.78 is 8.17. The maximum absolute atomic E-state index is 12.2.